The van der Waals surface area contributed by atoms with Gasteiger partial charge in [0.25, 0.3) is 5.91 Å². The fourth-order valence-electron chi connectivity index (χ4n) is 2.80. The van der Waals surface area contributed by atoms with Crippen molar-refractivity contribution in [1.29, 1.82) is 0 Å². The molecule has 7 heteroatoms. The van der Waals surface area contributed by atoms with Crippen LogP contribution in [0.4, 0.5) is 21.9 Å². The van der Waals surface area contributed by atoms with Gasteiger partial charge < -0.3 is 11.1 Å². The van der Waals surface area contributed by atoms with Gasteiger partial charge in [-0.25, -0.2) is 9.69 Å². The SMILES string of the molecule is C=C(Nc1cccc(N)c1)[C@H]1C(=O)NC(=O)N(c2ccccc2C)C1=O. The topological polar surface area (TPSA) is 105 Å². The molecule has 26 heavy (non-hydrogen) atoms. The third kappa shape index (κ3) is 3.14. The van der Waals surface area contributed by atoms with E-state index in [0.29, 0.717) is 17.1 Å². The zero-order chi connectivity index (χ0) is 18.8. The van der Waals surface area contributed by atoms with Crippen LogP contribution in [0.5, 0.6) is 0 Å². The smallest absolute Gasteiger partial charge is 0.335 e. The van der Waals surface area contributed by atoms with Crippen LogP contribution in [0.2, 0.25) is 0 Å². The summed E-state index contributed by atoms with van der Waals surface area (Å²) in [6.45, 7) is 5.59. The summed E-state index contributed by atoms with van der Waals surface area (Å²) in [4.78, 5) is 38.4. The molecule has 1 fully saturated rings. The van der Waals surface area contributed by atoms with Crippen LogP contribution in [0.3, 0.4) is 0 Å². The van der Waals surface area contributed by atoms with Gasteiger partial charge in [-0.15, -0.1) is 0 Å². The van der Waals surface area contributed by atoms with Crippen LogP contribution in [0, 0.1) is 12.8 Å². The van der Waals surface area contributed by atoms with E-state index in [1.165, 1.54) is 0 Å². The zero-order valence-electron chi connectivity index (χ0n) is 14.2. The lowest BCUT2D eigenvalue weighted by Crippen LogP contribution is -2.59. The minimum absolute atomic E-state index is 0.157. The molecule has 3 rings (SSSR count). The highest BCUT2D eigenvalue weighted by atomic mass is 16.2. The second-order valence-electron chi connectivity index (χ2n) is 5.96. The molecular weight excluding hydrogens is 332 g/mol. The highest BCUT2D eigenvalue weighted by molar-refractivity contribution is 6.29. The number of urea groups is 1. The van der Waals surface area contributed by atoms with Crippen LogP contribution in [0.25, 0.3) is 0 Å². The van der Waals surface area contributed by atoms with Crippen molar-refractivity contribution in [3.8, 4) is 0 Å². The molecular formula is C19H18N4O3. The Morgan fingerprint density at radius 2 is 1.88 bits per heavy atom. The van der Waals surface area contributed by atoms with E-state index >= 15 is 0 Å². The largest absolute Gasteiger partial charge is 0.399 e. The van der Waals surface area contributed by atoms with Crippen molar-refractivity contribution in [2.75, 3.05) is 16.0 Å². The van der Waals surface area contributed by atoms with Crippen molar-refractivity contribution in [2.24, 2.45) is 5.92 Å². The van der Waals surface area contributed by atoms with E-state index < -0.39 is 23.8 Å². The van der Waals surface area contributed by atoms with Gasteiger partial charge in [-0.2, -0.15) is 0 Å². The number of carbonyl (C=O) groups excluding carboxylic acids is 3. The van der Waals surface area contributed by atoms with Crippen molar-refractivity contribution >= 4 is 34.9 Å². The molecule has 1 heterocycles. The highest BCUT2D eigenvalue weighted by Gasteiger charge is 2.43. The Labute approximate surface area is 150 Å². The van der Waals surface area contributed by atoms with Gasteiger partial charge >= 0.3 is 6.03 Å². The Balaban J connectivity index is 1.90. The second kappa shape index (κ2) is 6.72. The molecule has 2 aromatic rings. The number of anilines is 3. The van der Waals surface area contributed by atoms with Gasteiger partial charge in [-0.3, -0.25) is 14.9 Å². The number of nitrogens with one attached hydrogen (secondary N) is 2. The van der Waals surface area contributed by atoms with Gasteiger partial charge in [-0.1, -0.05) is 30.8 Å². The Bertz CT molecular complexity index is 923. The zero-order valence-corrected chi connectivity index (χ0v) is 14.2. The number of amides is 4. The number of aryl methyl sites for hydroxylation is 1. The number of imide groups is 2. The van der Waals surface area contributed by atoms with Crippen molar-refractivity contribution < 1.29 is 14.4 Å². The third-order valence-electron chi connectivity index (χ3n) is 4.06. The summed E-state index contributed by atoms with van der Waals surface area (Å²) >= 11 is 0. The van der Waals surface area contributed by atoms with E-state index in [-0.39, 0.29) is 5.70 Å². The van der Waals surface area contributed by atoms with Crippen molar-refractivity contribution in [1.82, 2.24) is 5.32 Å². The molecule has 1 aliphatic rings. The molecule has 1 aliphatic heterocycles. The predicted octanol–water partition coefficient (Wildman–Crippen LogP) is 2.40. The van der Waals surface area contributed by atoms with Crippen LogP contribution in [0.15, 0.2) is 60.8 Å². The van der Waals surface area contributed by atoms with Crippen molar-refractivity contribution in [2.45, 2.75) is 6.92 Å². The molecule has 4 amide bonds. The van der Waals surface area contributed by atoms with Gasteiger partial charge in [0.1, 0.15) is 0 Å². The van der Waals surface area contributed by atoms with Crippen LogP contribution in [-0.2, 0) is 9.59 Å². The molecule has 132 valence electrons. The monoisotopic (exact) mass is 350 g/mol. The fraction of sp³-hybridized carbons (Fsp3) is 0.105. The lowest BCUT2D eigenvalue weighted by atomic mass is 10.00. The molecule has 4 N–H and O–H groups in total. The van der Waals surface area contributed by atoms with Crippen LogP contribution >= 0.6 is 0 Å². The van der Waals surface area contributed by atoms with Crippen LogP contribution in [-0.4, -0.2) is 17.8 Å². The maximum absolute atomic E-state index is 12.9. The van der Waals surface area contributed by atoms with Gasteiger partial charge in [0, 0.05) is 17.1 Å². The molecule has 2 aromatic carbocycles. The average molecular weight is 350 g/mol. The van der Waals surface area contributed by atoms with Crippen LogP contribution in [0.1, 0.15) is 5.56 Å². The first-order chi connectivity index (χ1) is 12.4. The Morgan fingerprint density at radius 3 is 2.58 bits per heavy atom. The summed E-state index contributed by atoms with van der Waals surface area (Å²) < 4.78 is 0. The number of carbonyl (C=O) groups is 3. The van der Waals surface area contributed by atoms with Crippen molar-refractivity contribution in [3.63, 3.8) is 0 Å². The number of para-hydroxylation sites is 1. The number of nitrogen functional groups attached to an aromatic ring is 1. The third-order valence-corrected chi connectivity index (χ3v) is 4.06. The summed E-state index contributed by atoms with van der Waals surface area (Å²) in [6.07, 6.45) is 0. The molecule has 7 nitrogen and oxygen atoms in total. The van der Waals surface area contributed by atoms with Gasteiger partial charge in [0.2, 0.25) is 5.91 Å². The van der Waals surface area contributed by atoms with Crippen LogP contribution < -0.4 is 21.3 Å². The van der Waals surface area contributed by atoms with E-state index in [1.54, 1.807) is 55.5 Å². The molecule has 0 spiro atoms. The number of rotatable bonds is 4. The summed E-state index contributed by atoms with van der Waals surface area (Å²) in [7, 11) is 0. The minimum atomic E-state index is -1.24. The number of barbiturate groups is 1. The summed E-state index contributed by atoms with van der Waals surface area (Å²) in [6, 6.07) is 13.0. The van der Waals surface area contributed by atoms with E-state index in [9.17, 15) is 14.4 Å². The predicted molar refractivity (Wildman–Crippen MR) is 99.3 cm³/mol. The minimum Gasteiger partial charge on any atom is -0.399 e. The molecule has 1 atom stereocenters. The second-order valence-corrected chi connectivity index (χ2v) is 5.96. The highest BCUT2D eigenvalue weighted by Crippen LogP contribution is 2.27. The standard InChI is InChI=1S/C19H18N4O3/c1-11-6-3-4-9-15(11)23-18(25)16(17(24)22-19(23)26)12(2)21-14-8-5-7-13(20)10-14/h3-10,16,21H,2,20H2,1H3,(H,22,24,26)/t16-/m0/s1. The number of benzene rings is 2. The summed E-state index contributed by atoms with van der Waals surface area (Å²) in [5.74, 6) is -2.62. The Kier molecular flexibility index (Phi) is 4.45. The first kappa shape index (κ1) is 17.2. The average Bonchev–Trinajstić information content (AvgIpc) is 2.56. The lowest BCUT2D eigenvalue weighted by Gasteiger charge is -2.32. The number of nitrogens with zero attached hydrogens (tertiary/aromatic N) is 1. The first-order valence-corrected chi connectivity index (χ1v) is 7.94. The molecule has 0 saturated carbocycles. The first-order valence-electron chi connectivity index (χ1n) is 7.94. The maximum atomic E-state index is 12.9. The van der Waals surface area contributed by atoms with Gasteiger partial charge in [0.15, 0.2) is 5.92 Å². The Morgan fingerprint density at radius 1 is 1.15 bits per heavy atom. The molecule has 0 aliphatic carbocycles. The van der Waals surface area contributed by atoms with E-state index in [1.807, 2.05) is 0 Å². The number of nitrogens with two attached hydrogens (primary N) is 1. The van der Waals surface area contributed by atoms with Gasteiger partial charge in [-0.05, 0) is 36.8 Å². The maximum Gasteiger partial charge on any atom is 0.335 e. The lowest BCUT2D eigenvalue weighted by molar-refractivity contribution is -0.132. The van der Waals surface area contributed by atoms with E-state index in [0.717, 1.165) is 10.5 Å². The quantitative estimate of drug-likeness (QED) is 0.580. The molecule has 0 unspecified atom stereocenters. The molecule has 0 aromatic heterocycles. The summed E-state index contributed by atoms with van der Waals surface area (Å²) in [5, 5.41) is 5.14. The Hall–Kier alpha value is -3.61. The summed E-state index contributed by atoms with van der Waals surface area (Å²) in [5.41, 5.74) is 8.16. The molecule has 0 radical (unpaired) electrons. The number of hydrogen-bond donors (Lipinski definition) is 3. The van der Waals surface area contributed by atoms with E-state index in [4.69, 9.17) is 5.73 Å². The number of hydrogen-bond acceptors (Lipinski definition) is 5. The van der Waals surface area contributed by atoms with Crippen molar-refractivity contribution in [3.05, 3.63) is 66.4 Å². The molecule has 0 bridgehead atoms. The van der Waals surface area contributed by atoms with Gasteiger partial charge in [0.05, 0.1) is 5.69 Å². The van der Waals surface area contributed by atoms with E-state index in [2.05, 4.69) is 17.2 Å². The normalized spacial score (nSPS) is 17.0. The molecule has 1 saturated heterocycles. The fourth-order valence-corrected chi connectivity index (χ4v) is 2.80.